The van der Waals surface area contributed by atoms with Crippen molar-refractivity contribution in [3.8, 4) is 0 Å². The van der Waals surface area contributed by atoms with Crippen LogP contribution in [0.5, 0.6) is 0 Å². The van der Waals surface area contributed by atoms with Crippen LogP contribution in [0.1, 0.15) is 38.2 Å². The lowest BCUT2D eigenvalue weighted by Gasteiger charge is -2.20. The first-order valence-corrected chi connectivity index (χ1v) is 7.91. The zero-order valence-electron chi connectivity index (χ0n) is 11.7. The highest BCUT2D eigenvalue weighted by atomic mass is 35.5. The van der Waals surface area contributed by atoms with Gasteiger partial charge in [-0.25, -0.2) is 0 Å². The lowest BCUT2D eigenvalue weighted by molar-refractivity contribution is 0.569. The molecule has 1 saturated heterocycles. The Morgan fingerprint density at radius 1 is 1.32 bits per heavy atom. The molecule has 104 valence electrons. The Balaban J connectivity index is 1.65. The number of anilines is 1. The second kappa shape index (κ2) is 5.72. The highest BCUT2D eigenvalue weighted by Gasteiger charge is 2.23. The van der Waals surface area contributed by atoms with E-state index in [0.29, 0.717) is 0 Å². The SMILES string of the molecule is CCC1CCN(c2ccc(CNC3CC3)cc2Cl)C1. The summed E-state index contributed by atoms with van der Waals surface area (Å²) in [5, 5.41) is 4.44. The minimum Gasteiger partial charge on any atom is -0.370 e. The van der Waals surface area contributed by atoms with Crippen molar-refractivity contribution in [2.75, 3.05) is 18.0 Å². The van der Waals surface area contributed by atoms with Crippen molar-refractivity contribution < 1.29 is 0 Å². The van der Waals surface area contributed by atoms with Gasteiger partial charge >= 0.3 is 0 Å². The van der Waals surface area contributed by atoms with Crippen LogP contribution < -0.4 is 10.2 Å². The number of halogens is 1. The van der Waals surface area contributed by atoms with E-state index in [0.717, 1.165) is 36.6 Å². The third-order valence-corrected chi connectivity index (χ3v) is 4.69. The number of nitrogens with zero attached hydrogens (tertiary/aromatic N) is 1. The Morgan fingerprint density at radius 2 is 2.16 bits per heavy atom. The number of benzene rings is 1. The fraction of sp³-hybridized carbons (Fsp3) is 0.625. The Morgan fingerprint density at radius 3 is 2.79 bits per heavy atom. The molecular formula is C16H23ClN2. The van der Waals surface area contributed by atoms with Gasteiger partial charge in [0, 0.05) is 25.7 Å². The maximum absolute atomic E-state index is 6.46. The average Bonchev–Trinajstić information content (AvgIpc) is 3.13. The van der Waals surface area contributed by atoms with Gasteiger partial charge in [-0.15, -0.1) is 0 Å². The Hall–Kier alpha value is -0.730. The van der Waals surface area contributed by atoms with Crippen LogP contribution in [0.3, 0.4) is 0 Å². The predicted molar refractivity (Wildman–Crippen MR) is 81.9 cm³/mol. The number of nitrogens with one attached hydrogen (secondary N) is 1. The Labute approximate surface area is 121 Å². The summed E-state index contributed by atoms with van der Waals surface area (Å²) in [5.41, 5.74) is 2.51. The molecule has 2 nitrogen and oxygen atoms in total. The van der Waals surface area contributed by atoms with Crippen molar-refractivity contribution in [3.05, 3.63) is 28.8 Å². The molecule has 0 aromatic heterocycles. The summed E-state index contributed by atoms with van der Waals surface area (Å²) in [4.78, 5) is 2.44. The molecule has 2 aliphatic rings. The minimum atomic E-state index is 0.752. The molecule has 1 aliphatic carbocycles. The molecule has 2 fully saturated rings. The summed E-state index contributed by atoms with van der Waals surface area (Å²) in [7, 11) is 0. The average molecular weight is 279 g/mol. The van der Waals surface area contributed by atoms with Gasteiger partial charge in [-0.3, -0.25) is 0 Å². The zero-order valence-corrected chi connectivity index (χ0v) is 12.4. The van der Waals surface area contributed by atoms with Gasteiger partial charge in [0.1, 0.15) is 0 Å². The van der Waals surface area contributed by atoms with Crippen LogP contribution >= 0.6 is 11.6 Å². The van der Waals surface area contributed by atoms with Gasteiger partial charge in [0.25, 0.3) is 0 Å². The lowest BCUT2D eigenvalue weighted by atomic mass is 10.1. The fourth-order valence-electron chi connectivity index (χ4n) is 2.85. The van der Waals surface area contributed by atoms with Gasteiger partial charge in [-0.2, -0.15) is 0 Å². The van der Waals surface area contributed by atoms with Crippen LogP contribution in [0.25, 0.3) is 0 Å². The minimum absolute atomic E-state index is 0.752. The monoisotopic (exact) mass is 278 g/mol. The van der Waals surface area contributed by atoms with Crippen molar-refractivity contribution in [1.29, 1.82) is 0 Å². The van der Waals surface area contributed by atoms with Gasteiger partial charge in [-0.1, -0.05) is 31.0 Å². The van der Waals surface area contributed by atoms with E-state index in [1.807, 2.05) is 0 Å². The fourth-order valence-corrected chi connectivity index (χ4v) is 3.17. The van der Waals surface area contributed by atoms with E-state index < -0.39 is 0 Å². The molecule has 1 aromatic rings. The summed E-state index contributed by atoms with van der Waals surface area (Å²) >= 11 is 6.46. The van der Waals surface area contributed by atoms with Gasteiger partial charge in [0.15, 0.2) is 0 Å². The first-order chi connectivity index (χ1) is 9.26. The van der Waals surface area contributed by atoms with Crippen LogP contribution in [0, 0.1) is 5.92 Å². The maximum Gasteiger partial charge on any atom is 0.0642 e. The molecule has 1 heterocycles. The number of hydrogen-bond acceptors (Lipinski definition) is 2. The van der Waals surface area contributed by atoms with E-state index in [9.17, 15) is 0 Å². The van der Waals surface area contributed by atoms with Gasteiger partial charge < -0.3 is 10.2 Å². The first kappa shape index (κ1) is 13.3. The normalized spacial score (nSPS) is 23.1. The molecule has 3 rings (SSSR count). The van der Waals surface area contributed by atoms with Crippen LogP contribution in [-0.2, 0) is 6.54 Å². The smallest absolute Gasteiger partial charge is 0.0642 e. The van der Waals surface area contributed by atoms with Crippen molar-refractivity contribution in [1.82, 2.24) is 5.32 Å². The molecule has 0 radical (unpaired) electrons. The summed E-state index contributed by atoms with van der Waals surface area (Å²) in [6.07, 6.45) is 5.24. The molecular weight excluding hydrogens is 256 g/mol. The van der Waals surface area contributed by atoms with Crippen LogP contribution in [0.2, 0.25) is 5.02 Å². The summed E-state index contributed by atoms with van der Waals surface area (Å²) in [6.45, 7) is 5.54. The molecule has 0 amide bonds. The molecule has 0 bridgehead atoms. The number of rotatable bonds is 5. The van der Waals surface area contributed by atoms with Gasteiger partial charge in [0.2, 0.25) is 0 Å². The van der Waals surface area contributed by atoms with Crippen molar-refractivity contribution in [2.45, 2.75) is 45.2 Å². The summed E-state index contributed by atoms with van der Waals surface area (Å²) < 4.78 is 0. The molecule has 3 heteroatoms. The molecule has 1 aliphatic heterocycles. The third-order valence-electron chi connectivity index (χ3n) is 4.39. The molecule has 1 saturated carbocycles. The highest BCUT2D eigenvalue weighted by Crippen LogP contribution is 2.32. The van der Waals surface area contributed by atoms with Crippen molar-refractivity contribution in [2.24, 2.45) is 5.92 Å². The first-order valence-electron chi connectivity index (χ1n) is 7.53. The molecule has 0 spiro atoms. The second-order valence-corrected chi connectivity index (χ2v) is 6.36. The van der Waals surface area contributed by atoms with Crippen molar-refractivity contribution in [3.63, 3.8) is 0 Å². The van der Waals surface area contributed by atoms with E-state index in [1.54, 1.807) is 0 Å². The van der Waals surface area contributed by atoms with E-state index in [1.165, 1.54) is 36.9 Å². The summed E-state index contributed by atoms with van der Waals surface area (Å²) in [5.74, 6) is 0.840. The van der Waals surface area contributed by atoms with Crippen LogP contribution in [0.15, 0.2) is 18.2 Å². The largest absolute Gasteiger partial charge is 0.370 e. The Bertz CT molecular complexity index is 442. The maximum atomic E-state index is 6.46. The second-order valence-electron chi connectivity index (χ2n) is 5.95. The predicted octanol–water partition coefficient (Wildman–Crippen LogP) is 3.83. The third kappa shape index (κ3) is 3.24. The number of hydrogen-bond donors (Lipinski definition) is 1. The van der Waals surface area contributed by atoms with E-state index >= 15 is 0 Å². The Kier molecular flexibility index (Phi) is 3.99. The van der Waals surface area contributed by atoms with Gasteiger partial charge in [0.05, 0.1) is 10.7 Å². The van der Waals surface area contributed by atoms with E-state index in [2.05, 4.69) is 35.3 Å². The molecule has 1 atom stereocenters. The zero-order chi connectivity index (χ0) is 13.2. The lowest BCUT2D eigenvalue weighted by Crippen LogP contribution is -2.20. The molecule has 1 unspecified atom stereocenters. The van der Waals surface area contributed by atoms with Gasteiger partial charge in [-0.05, 0) is 42.9 Å². The highest BCUT2D eigenvalue weighted by molar-refractivity contribution is 6.33. The van der Waals surface area contributed by atoms with Crippen LogP contribution in [-0.4, -0.2) is 19.1 Å². The van der Waals surface area contributed by atoms with Crippen LogP contribution in [0.4, 0.5) is 5.69 Å². The molecule has 1 aromatic carbocycles. The molecule has 1 N–H and O–H groups in total. The summed E-state index contributed by atoms with van der Waals surface area (Å²) in [6, 6.07) is 7.30. The van der Waals surface area contributed by atoms with E-state index in [-0.39, 0.29) is 0 Å². The quantitative estimate of drug-likeness (QED) is 0.881. The van der Waals surface area contributed by atoms with E-state index in [4.69, 9.17) is 11.6 Å². The topological polar surface area (TPSA) is 15.3 Å². The molecule has 19 heavy (non-hydrogen) atoms. The standard InChI is InChI=1S/C16H23ClN2/c1-2-12-7-8-19(11-12)16-6-3-13(9-15(16)17)10-18-14-4-5-14/h3,6,9,12,14,18H,2,4-5,7-8,10-11H2,1H3. The van der Waals surface area contributed by atoms with Crippen molar-refractivity contribution >= 4 is 17.3 Å².